The summed E-state index contributed by atoms with van der Waals surface area (Å²) in [5.41, 5.74) is 0. The van der Waals surface area contributed by atoms with Gasteiger partial charge in [-0.05, 0) is 44.6 Å². The maximum atomic E-state index is 11.9. The van der Waals surface area contributed by atoms with E-state index in [-0.39, 0.29) is 6.03 Å². The Bertz CT molecular complexity index is 251. The molecule has 2 aliphatic rings. The van der Waals surface area contributed by atoms with Gasteiger partial charge >= 0.3 is 6.03 Å². The van der Waals surface area contributed by atoms with Gasteiger partial charge in [-0.15, -0.1) is 0 Å². The van der Waals surface area contributed by atoms with Crippen LogP contribution in [0.5, 0.6) is 0 Å². The number of carbonyl (C=O) groups is 1. The number of nitrogens with one attached hydrogen (secondary N) is 2. The second kappa shape index (κ2) is 6.24. The number of hydrogen-bond acceptors (Lipinski definition) is 2. The number of hydrogen-bond donors (Lipinski definition) is 2. The molecule has 2 unspecified atom stereocenters. The molecule has 2 N–H and O–H groups in total. The molecule has 2 rings (SSSR count). The molecule has 0 aromatic rings. The van der Waals surface area contributed by atoms with Gasteiger partial charge in [0.2, 0.25) is 0 Å². The highest BCUT2D eigenvalue weighted by Crippen LogP contribution is 2.24. The second-order valence-corrected chi connectivity index (χ2v) is 5.28. The van der Waals surface area contributed by atoms with Gasteiger partial charge in [0.1, 0.15) is 0 Å². The largest absolute Gasteiger partial charge is 0.338 e. The zero-order valence-electron chi connectivity index (χ0n) is 10.9. The van der Waals surface area contributed by atoms with Crippen molar-refractivity contribution < 1.29 is 4.79 Å². The van der Waals surface area contributed by atoms with Crippen LogP contribution in [0.1, 0.15) is 39.0 Å². The molecule has 2 saturated heterocycles. The van der Waals surface area contributed by atoms with Gasteiger partial charge in [0.25, 0.3) is 0 Å². The van der Waals surface area contributed by atoms with E-state index in [1.807, 2.05) is 4.90 Å². The molecule has 2 heterocycles. The number of amides is 2. The van der Waals surface area contributed by atoms with E-state index < -0.39 is 0 Å². The zero-order valence-corrected chi connectivity index (χ0v) is 10.9. The van der Waals surface area contributed by atoms with E-state index in [9.17, 15) is 4.79 Å². The van der Waals surface area contributed by atoms with Gasteiger partial charge in [-0.1, -0.05) is 6.92 Å². The van der Waals surface area contributed by atoms with Crippen LogP contribution in [-0.4, -0.2) is 43.2 Å². The fraction of sp³-hybridized carbons (Fsp3) is 0.923. The van der Waals surface area contributed by atoms with Gasteiger partial charge in [-0.3, -0.25) is 0 Å². The van der Waals surface area contributed by atoms with Crippen LogP contribution in [-0.2, 0) is 0 Å². The molecule has 4 heteroatoms. The van der Waals surface area contributed by atoms with Crippen LogP contribution in [0.3, 0.4) is 0 Å². The molecule has 0 saturated carbocycles. The van der Waals surface area contributed by atoms with Gasteiger partial charge in [0.15, 0.2) is 0 Å². The Balaban J connectivity index is 1.81. The molecule has 2 fully saturated rings. The maximum absolute atomic E-state index is 11.9. The molecular formula is C13H25N3O. The minimum Gasteiger partial charge on any atom is -0.338 e. The standard InChI is InChI=1S/C13H25N3O/c1-2-7-15-13(17)16-9-4-5-11(10-16)12-6-3-8-14-12/h11-12,14H,2-10H2,1H3,(H,15,17). The number of urea groups is 1. The number of piperidine rings is 1. The van der Waals surface area contributed by atoms with Crippen LogP contribution in [0.4, 0.5) is 4.79 Å². The van der Waals surface area contributed by atoms with Crippen molar-refractivity contribution in [3.63, 3.8) is 0 Å². The Hall–Kier alpha value is -0.770. The number of carbonyl (C=O) groups excluding carboxylic acids is 1. The molecule has 0 aromatic heterocycles. The van der Waals surface area contributed by atoms with Crippen molar-refractivity contribution in [2.24, 2.45) is 5.92 Å². The molecule has 0 spiro atoms. The lowest BCUT2D eigenvalue weighted by atomic mass is 9.90. The zero-order chi connectivity index (χ0) is 12.1. The fourth-order valence-electron chi connectivity index (χ4n) is 2.98. The van der Waals surface area contributed by atoms with Gasteiger partial charge in [-0.2, -0.15) is 0 Å². The van der Waals surface area contributed by atoms with Crippen LogP contribution in [0.15, 0.2) is 0 Å². The first-order valence-electron chi connectivity index (χ1n) is 7.07. The maximum Gasteiger partial charge on any atom is 0.317 e. The molecule has 0 aromatic carbocycles. The van der Waals surface area contributed by atoms with Gasteiger partial charge < -0.3 is 15.5 Å². The highest BCUT2D eigenvalue weighted by atomic mass is 16.2. The predicted octanol–water partition coefficient (Wildman–Crippen LogP) is 1.57. The van der Waals surface area contributed by atoms with Crippen molar-refractivity contribution in [2.75, 3.05) is 26.2 Å². The second-order valence-electron chi connectivity index (χ2n) is 5.28. The van der Waals surface area contributed by atoms with Gasteiger partial charge in [0.05, 0.1) is 0 Å². The molecule has 2 atom stereocenters. The summed E-state index contributed by atoms with van der Waals surface area (Å²) in [5.74, 6) is 0.665. The average Bonchev–Trinajstić information content (AvgIpc) is 2.90. The Morgan fingerprint density at radius 1 is 1.41 bits per heavy atom. The third-order valence-corrected chi connectivity index (χ3v) is 3.94. The van der Waals surface area contributed by atoms with Crippen molar-refractivity contribution >= 4 is 6.03 Å². The molecule has 17 heavy (non-hydrogen) atoms. The van der Waals surface area contributed by atoms with E-state index in [0.29, 0.717) is 12.0 Å². The summed E-state index contributed by atoms with van der Waals surface area (Å²) < 4.78 is 0. The van der Waals surface area contributed by atoms with Gasteiger partial charge in [-0.25, -0.2) is 4.79 Å². The first-order chi connectivity index (χ1) is 8.31. The molecule has 0 radical (unpaired) electrons. The average molecular weight is 239 g/mol. The Kier molecular flexibility index (Phi) is 4.66. The molecule has 0 aliphatic carbocycles. The summed E-state index contributed by atoms with van der Waals surface area (Å²) in [6.07, 6.45) is 6.02. The van der Waals surface area contributed by atoms with Crippen LogP contribution in [0, 0.1) is 5.92 Å². The van der Waals surface area contributed by atoms with E-state index in [0.717, 1.165) is 39.0 Å². The summed E-state index contributed by atoms with van der Waals surface area (Å²) in [6, 6.07) is 0.784. The highest BCUT2D eigenvalue weighted by Gasteiger charge is 2.30. The normalized spacial score (nSPS) is 29.4. The van der Waals surface area contributed by atoms with Crippen LogP contribution < -0.4 is 10.6 Å². The molecular weight excluding hydrogens is 214 g/mol. The minimum atomic E-state index is 0.134. The Morgan fingerprint density at radius 2 is 2.29 bits per heavy atom. The lowest BCUT2D eigenvalue weighted by Crippen LogP contribution is -2.49. The van der Waals surface area contributed by atoms with Crippen molar-refractivity contribution in [1.29, 1.82) is 0 Å². The molecule has 4 nitrogen and oxygen atoms in total. The smallest absolute Gasteiger partial charge is 0.317 e. The van der Waals surface area contributed by atoms with Crippen LogP contribution >= 0.6 is 0 Å². The summed E-state index contributed by atoms with van der Waals surface area (Å²) in [5, 5.41) is 6.55. The Morgan fingerprint density at radius 3 is 3.00 bits per heavy atom. The highest BCUT2D eigenvalue weighted by molar-refractivity contribution is 5.74. The third kappa shape index (κ3) is 3.35. The van der Waals surface area contributed by atoms with Crippen LogP contribution in [0.25, 0.3) is 0 Å². The number of rotatable bonds is 3. The van der Waals surface area contributed by atoms with Crippen molar-refractivity contribution in [2.45, 2.75) is 45.1 Å². The van der Waals surface area contributed by atoms with E-state index in [2.05, 4.69) is 17.6 Å². The van der Waals surface area contributed by atoms with Gasteiger partial charge in [0, 0.05) is 25.7 Å². The molecule has 0 bridgehead atoms. The quantitative estimate of drug-likeness (QED) is 0.785. The predicted molar refractivity (Wildman–Crippen MR) is 69.0 cm³/mol. The molecule has 2 aliphatic heterocycles. The number of nitrogens with zero attached hydrogens (tertiary/aromatic N) is 1. The van der Waals surface area contributed by atoms with Crippen molar-refractivity contribution in [1.82, 2.24) is 15.5 Å². The summed E-state index contributed by atoms with van der Waals surface area (Å²) >= 11 is 0. The van der Waals surface area contributed by atoms with Crippen molar-refractivity contribution in [3.05, 3.63) is 0 Å². The topological polar surface area (TPSA) is 44.4 Å². The van der Waals surface area contributed by atoms with Crippen molar-refractivity contribution in [3.8, 4) is 0 Å². The fourth-order valence-corrected chi connectivity index (χ4v) is 2.98. The summed E-state index contributed by atoms with van der Waals surface area (Å²) in [4.78, 5) is 13.9. The number of likely N-dealkylation sites (tertiary alicyclic amines) is 1. The minimum absolute atomic E-state index is 0.134. The molecule has 2 amide bonds. The monoisotopic (exact) mass is 239 g/mol. The lowest BCUT2D eigenvalue weighted by Gasteiger charge is -2.35. The summed E-state index contributed by atoms with van der Waals surface area (Å²) in [7, 11) is 0. The third-order valence-electron chi connectivity index (χ3n) is 3.94. The SMILES string of the molecule is CCCNC(=O)N1CCCC(C2CCCN2)C1. The summed E-state index contributed by atoms with van der Waals surface area (Å²) in [6.45, 7) is 5.90. The van der Waals surface area contributed by atoms with Crippen LogP contribution in [0.2, 0.25) is 0 Å². The van der Waals surface area contributed by atoms with E-state index in [1.165, 1.54) is 19.3 Å². The lowest BCUT2D eigenvalue weighted by molar-refractivity contribution is 0.153. The first-order valence-corrected chi connectivity index (χ1v) is 7.07. The van der Waals surface area contributed by atoms with E-state index in [4.69, 9.17) is 0 Å². The molecule has 98 valence electrons. The first kappa shape index (κ1) is 12.7. The van der Waals surface area contributed by atoms with E-state index >= 15 is 0 Å². The Labute approximate surface area is 104 Å². The van der Waals surface area contributed by atoms with E-state index in [1.54, 1.807) is 0 Å².